The fourth-order valence-electron chi connectivity index (χ4n) is 2.41. The third-order valence-corrected chi connectivity index (χ3v) is 4.11. The molecule has 0 radical (unpaired) electrons. The molecule has 136 valence electrons. The molecule has 0 bridgehead atoms. The van der Waals surface area contributed by atoms with E-state index in [0.717, 1.165) is 15.5 Å². The van der Waals surface area contributed by atoms with Crippen molar-refractivity contribution >= 4 is 29.6 Å². The van der Waals surface area contributed by atoms with E-state index in [1.165, 1.54) is 12.0 Å². The maximum absolute atomic E-state index is 12.7. The van der Waals surface area contributed by atoms with E-state index in [9.17, 15) is 14.4 Å². The Morgan fingerprint density at radius 3 is 2.44 bits per heavy atom. The fraction of sp³-hybridized carbons (Fsp3) is 0.400. The highest BCUT2D eigenvalue weighted by Crippen LogP contribution is 2.19. The Labute approximate surface area is 150 Å². The monoisotopic (exact) mass is 369 g/mol. The molecule has 0 aliphatic carbocycles. The van der Waals surface area contributed by atoms with Crippen LogP contribution >= 0.6 is 11.6 Å². The molecule has 4 amide bonds. The van der Waals surface area contributed by atoms with Crippen LogP contribution in [0.4, 0.5) is 9.59 Å². The van der Waals surface area contributed by atoms with Crippen LogP contribution in [0.3, 0.4) is 0 Å². The van der Waals surface area contributed by atoms with E-state index in [-0.39, 0.29) is 13.1 Å². The van der Waals surface area contributed by atoms with Crippen LogP contribution in [0.5, 0.6) is 0 Å². The molecule has 0 saturated carbocycles. The molecule has 0 aromatic heterocycles. The van der Waals surface area contributed by atoms with Gasteiger partial charge in [0.1, 0.15) is 0 Å². The Balaban J connectivity index is 2.21. The topological polar surface area (TPSA) is 122 Å². The van der Waals surface area contributed by atoms with Crippen molar-refractivity contribution < 1.29 is 19.1 Å². The standard InChI is InChI=1S/C15H20ClN5O4/c1-9(12(22)25-2)7-20-14(23)19(13(17)21(18)15(20)24)8-10-3-5-11(16)6-4-10/h3-6,9,13H,7-8,17-18H2,1-2H3/t9-,13?/m0/s1. The van der Waals surface area contributed by atoms with Crippen molar-refractivity contribution in [1.29, 1.82) is 0 Å². The van der Waals surface area contributed by atoms with Crippen molar-refractivity contribution in [2.75, 3.05) is 13.7 Å². The summed E-state index contributed by atoms with van der Waals surface area (Å²) in [5.74, 6) is 4.48. The Morgan fingerprint density at radius 2 is 1.88 bits per heavy atom. The van der Waals surface area contributed by atoms with Gasteiger partial charge in [-0.3, -0.25) is 15.4 Å². The van der Waals surface area contributed by atoms with Crippen LogP contribution in [0.25, 0.3) is 0 Å². The summed E-state index contributed by atoms with van der Waals surface area (Å²) >= 11 is 5.85. The highest BCUT2D eigenvalue weighted by atomic mass is 35.5. The molecule has 1 saturated heterocycles. The van der Waals surface area contributed by atoms with Crippen LogP contribution in [0.1, 0.15) is 12.5 Å². The van der Waals surface area contributed by atoms with Gasteiger partial charge in [-0.05, 0) is 17.7 Å². The largest absolute Gasteiger partial charge is 0.469 e. The molecular weight excluding hydrogens is 350 g/mol. The fourth-order valence-corrected chi connectivity index (χ4v) is 2.53. The van der Waals surface area contributed by atoms with Gasteiger partial charge in [-0.25, -0.2) is 25.3 Å². The summed E-state index contributed by atoms with van der Waals surface area (Å²) in [4.78, 5) is 38.7. The zero-order chi connectivity index (χ0) is 18.7. The molecule has 4 N–H and O–H groups in total. The number of ether oxygens (including phenoxy) is 1. The summed E-state index contributed by atoms with van der Waals surface area (Å²) in [7, 11) is 1.23. The van der Waals surface area contributed by atoms with Gasteiger partial charge in [-0.15, -0.1) is 0 Å². The molecule has 1 aliphatic heterocycles. The lowest BCUT2D eigenvalue weighted by molar-refractivity contribution is -0.145. The molecule has 25 heavy (non-hydrogen) atoms. The third kappa shape index (κ3) is 4.01. The average Bonchev–Trinajstić information content (AvgIpc) is 2.61. The van der Waals surface area contributed by atoms with Crippen molar-refractivity contribution in [3.05, 3.63) is 34.9 Å². The number of benzene rings is 1. The van der Waals surface area contributed by atoms with Crippen molar-refractivity contribution in [3.63, 3.8) is 0 Å². The first-order valence-electron chi connectivity index (χ1n) is 7.50. The Bertz CT molecular complexity index is 668. The van der Waals surface area contributed by atoms with Crippen LogP contribution in [-0.2, 0) is 16.1 Å². The number of hydrogen-bond acceptors (Lipinski definition) is 6. The maximum atomic E-state index is 12.7. The Kier molecular flexibility index (Phi) is 5.83. The number of imide groups is 1. The van der Waals surface area contributed by atoms with Crippen molar-refractivity contribution in [3.8, 4) is 0 Å². The average molecular weight is 370 g/mol. The molecule has 0 spiro atoms. The summed E-state index contributed by atoms with van der Waals surface area (Å²) in [6, 6.07) is 5.42. The Morgan fingerprint density at radius 1 is 1.28 bits per heavy atom. The number of hydrogen-bond donors (Lipinski definition) is 2. The zero-order valence-corrected chi connectivity index (χ0v) is 14.6. The molecular formula is C15H20ClN5O4. The zero-order valence-electron chi connectivity index (χ0n) is 13.9. The van der Waals surface area contributed by atoms with Crippen LogP contribution in [0, 0.1) is 5.92 Å². The minimum atomic E-state index is -1.12. The van der Waals surface area contributed by atoms with Crippen LogP contribution in [-0.4, -0.2) is 52.8 Å². The van der Waals surface area contributed by atoms with E-state index in [4.69, 9.17) is 23.2 Å². The number of carbonyl (C=O) groups excluding carboxylic acids is 3. The van der Waals surface area contributed by atoms with E-state index < -0.39 is 30.2 Å². The SMILES string of the molecule is COC(=O)[C@@H](C)CN1C(=O)N(N)C(N)N(Cc2ccc(Cl)cc2)C1=O. The molecule has 1 unspecified atom stereocenters. The van der Waals surface area contributed by atoms with E-state index in [1.807, 2.05) is 0 Å². The van der Waals surface area contributed by atoms with Gasteiger partial charge in [0.25, 0.3) is 0 Å². The predicted octanol–water partition coefficient (Wildman–Crippen LogP) is 0.925. The van der Waals surface area contributed by atoms with E-state index in [2.05, 4.69) is 4.74 Å². The summed E-state index contributed by atoms with van der Waals surface area (Å²) < 4.78 is 4.62. The van der Waals surface area contributed by atoms with Gasteiger partial charge in [-0.1, -0.05) is 30.7 Å². The van der Waals surface area contributed by atoms with Gasteiger partial charge in [0.2, 0.25) is 0 Å². The summed E-state index contributed by atoms with van der Waals surface area (Å²) in [6.07, 6.45) is -1.12. The van der Waals surface area contributed by atoms with Gasteiger partial charge in [0, 0.05) is 11.6 Å². The first kappa shape index (κ1) is 19.0. The minimum absolute atomic E-state index is 0.126. The molecule has 2 rings (SSSR count). The first-order chi connectivity index (χ1) is 11.8. The van der Waals surface area contributed by atoms with E-state index >= 15 is 0 Å². The second kappa shape index (κ2) is 7.68. The van der Waals surface area contributed by atoms with Gasteiger partial charge < -0.3 is 4.74 Å². The number of nitrogens with two attached hydrogens (primary N) is 2. The highest BCUT2D eigenvalue weighted by Gasteiger charge is 2.42. The number of methoxy groups -OCH3 is 1. The number of hydrazine groups is 1. The summed E-state index contributed by atoms with van der Waals surface area (Å²) in [5, 5.41) is 1.31. The lowest BCUT2D eigenvalue weighted by atomic mass is 10.1. The number of nitrogens with zero attached hydrogens (tertiary/aromatic N) is 3. The van der Waals surface area contributed by atoms with Crippen LogP contribution in [0.2, 0.25) is 5.02 Å². The first-order valence-corrected chi connectivity index (χ1v) is 7.88. The van der Waals surface area contributed by atoms with Crippen LogP contribution < -0.4 is 11.6 Å². The smallest absolute Gasteiger partial charge is 0.345 e. The number of urea groups is 2. The molecule has 2 atom stereocenters. The molecule has 1 aromatic rings. The normalized spacial score (nSPS) is 19.2. The maximum Gasteiger partial charge on any atom is 0.345 e. The number of rotatable bonds is 5. The van der Waals surface area contributed by atoms with Gasteiger partial charge in [0.15, 0.2) is 6.29 Å². The highest BCUT2D eigenvalue weighted by molar-refractivity contribution is 6.30. The van der Waals surface area contributed by atoms with E-state index in [1.54, 1.807) is 31.2 Å². The number of amides is 4. The molecule has 1 heterocycles. The second-order valence-corrected chi connectivity index (χ2v) is 6.11. The van der Waals surface area contributed by atoms with Crippen LogP contribution in [0.15, 0.2) is 24.3 Å². The lowest BCUT2D eigenvalue weighted by Gasteiger charge is -2.43. The molecule has 9 nitrogen and oxygen atoms in total. The third-order valence-electron chi connectivity index (χ3n) is 3.86. The number of halogens is 1. The minimum Gasteiger partial charge on any atom is -0.469 e. The van der Waals surface area contributed by atoms with Crippen molar-refractivity contribution in [2.24, 2.45) is 17.5 Å². The van der Waals surface area contributed by atoms with Gasteiger partial charge >= 0.3 is 18.0 Å². The van der Waals surface area contributed by atoms with Gasteiger partial charge in [0.05, 0.1) is 19.6 Å². The van der Waals surface area contributed by atoms with Crippen molar-refractivity contribution in [1.82, 2.24) is 14.8 Å². The van der Waals surface area contributed by atoms with E-state index in [0.29, 0.717) is 5.02 Å². The summed E-state index contributed by atoms with van der Waals surface area (Å²) in [5.41, 5.74) is 6.66. The molecule has 1 aromatic carbocycles. The number of esters is 1. The Hall–Kier alpha value is -2.36. The summed E-state index contributed by atoms with van der Waals surface area (Å²) in [6.45, 7) is 1.51. The number of carbonyl (C=O) groups is 3. The van der Waals surface area contributed by atoms with Gasteiger partial charge in [-0.2, -0.15) is 0 Å². The molecule has 1 aliphatic rings. The molecule has 10 heteroatoms. The lowest BCUT2D eigenvalue weighted by Crippen LogP contribution is -2.71. The molecule has 1 fully saturated rings. The predicted molar refractivity (Wildman–Crippen MR) is 89.7 cm³/mol. The quantitative estimate of drug-likeness (QED) is 0.452. The van der Waals surface area contributed by atoms with Crippen molar-refractivity contribution in [2.45, 2.75) is 19.8 Å². The second-order valence-electron chi connectivity index (χ2n) is 5.68.